The number of fused-ring (bicyclic) bond motifs is 1. The van der Waals surface area contributed by atoms with Gasteiger partial charge in [-0.05, 0) is 56.9 Å². The third kappa shape index (κ3) is 3.62. The average Bonchev–Trinajstić information content (AvgIpc) is 2.46. The smallest absolute Gasteiger partial charge is 0.339 e. The quantitative estimate of drug-likeness (QED) is 0.602. The summed E-state index contributed by atoms with van der Waals surface area (Å²) in [5.74, 6) is -0.561. The molecular formula is C18H19O5-. The summed E-state index contributed by atoms with van der Waals surface area (Å²) in [4.78, 5) is 22.8. The van der Waals surface area contributed by atoms with Crippen molar-refractivity contribution in [3.8, 4) is 5.75 Å². The van der Waals surface area contributed by atoms with Crippen LogP contribution in [0.2, 0.25) is 0 Å². The number of aryl methyl sites for hydroxylation is 2. The number of hydrogen-bond acceptors (Lipinski definition) is 5. The lowest BCUT2D eigenvalue weighted by Gasteiger charge is -2.13. The van der Waals surface area contributed by atoms with E-state index in [0.29, 0.717) is 23.5 Å². The standard InChI is InChI=1S/C18H20O5/c1-10(2)9-22-15-7-5-13-11(3)14(6-8-16(19)20)18(21)23-17(13)12(15)4/h5,7H,1,6,8-9H2,2-4H3,(H,19,20)/p-1. The Morgan fingerprint density at radius 2 is 2.00 bits per heavy atom. The number of carbonyl (C=O) groups is 1. The van der Waals surface area contributed by atoms with E-state index in [1.807, 2.05) is 26.0 Å². The summed E-state index contributed by atoms with van der Waals surface area (Å²) < 4.78 is 11.1. The van der Waals surface area contributed by atoms with Gasteiger partial charge in [0.2, 0.25) is 0 Å². The van der Waals surface area contributed by atoms with Crippen LogP contribution in [0.25, 0.3) is 11.0 Å². The van der Waals surface area contributed by atoms with E-state index in [-0.39, 0.29) is 12.8 Å². The predicted octanol–water partition coefficient (Wildman–Crippen LogP) is 2.05. The minimum Gasteiger partial charge on any atom is -0.550 e. The third-order valence-corrected chi connectivity index (χ3v) is 3.71. The number of carboxylic acids is 1. The largest absolute Gasteiger partial charge is 0.550 e. The summed E-state index contributed by atoms with van der Waals surface area (Å²) in [6.45, 7) is 9.65. The fourth-order valence-electron chi connectivity index (χ4n) is 2.44. The molecule has 0 bridgehead atoms. The molecule has 0 amide bonds. The number of carbonyl (C=O) groups excluding carboxylic acids is 1. The normalized spacial score (nSPS) is 10.7. The highest BCUT2D eigenvalue weighted by Crippen LogP contribution is 2.29. The van der Waals surface area contributed by atoms with Crippen molar-refractivity contribution in [2.75, 3.05) is 6.61 Å². The molecule has 0 radical (unpaired) electrons. The predicted molar refractivity (Wildman–Crippen MR) is 85.6 cm³/mol. The molecule has 0 N–H and O–H groups in total. The van der Waals surface area contributed by atoms with Crippen LogP contribution in [0.5, 0.6) is 5.75 Å². The molecule has 122 valence electrons. The van der Waals surface area contributed by atoms with Crippen molar-refractivity contribution in [3.63, 3.8) is 0 Å². The zero-order valence-corrected chi connectivity index (χ0v) is 13.5. The second kappa shape index (κ2) is 6.69. The first kappa shape index (κ1) is 16.8. The first-order chi connectivity index (χ1) is 10.8. The van der Waals surface area contributed by atoms with E-state index in [2.05, 4.69) is 6.58 Å². The van der Waals surface area contributed by atoms with Crippen LogP contribution in [-0.4, -0.2) is 12.6 Å². The van der Waals surface area contributed by atoms with Crippen LogP contribution in [0.4, 0.5) is 0 Å². The molecule has 0 atom stereocenters. The zero-order chi connectivity index (χ0) is 17.1. The molecule has 0 aliphatic heterocycles. The van der Waals surface area contributed by atoms with E-state index in [0.717, 1.165) is 22.1 Å². The molecule has 5 nitrogen and oxygen atoms in total. The van der Waals surface area contributed by atoms with Gasteiger partial charge in [0.1, 0.15) is 17.9 Å². The number of ether oxygens (including phenoxy) is 1. The van der Waals surface area contributed by atoms with Crippen molar-refractivity contribution in [3.05, 3.63) is 51.4 Å². The molecule has 0 unspecified atom stereocenters. The maximum absolute atomic E-state index is 12.2. The minimum absolute atomic E-state index is 0.0966. The van der Waals surface area contributed by atoms with Gasteiger partial charge in [0.05, 0.1) is 0 Å². The number of carboxylic acid groups (broad SMARTS) is 1. The summed E-state index contributed by atoms with van der Waals surface area (Å²) in [5.41, 5.74) is 2.67. The molecule has 0 spiro atoms. The van der Waals surface area contributed by atoms with Crippen molar-refractivity contribution >= 4 is 16.9 Å². The first-order valence-corrected chi connectivity index (χ1v) is 7.34. The molecule has 1 heterocycles. The van der Waals surface area contributed by atoms with Crippen molar-refractivity contribution in [1.29, 1.82) is 0 Å². The van der Waals surface area contributed by atoms with Crippen LogP contribution in [0.1, 0.15) is 30.0 Å². The molecule has 2 aromatic rings. The van der Waals surface area contributed by atoms with E-state index in [1.165, 1.54) is 0 Å². The van der Waals surface area contributed by atoms with E-state index < -0.39 is 11.6 Å². The van der Waals surface area contributed by atoms with Crippen molar-refractivity contribution in [2.24, 2.45) is 0 Å². The van der Waals surface area contributed by atoms with E-state index in [9.17, 15) is 14.7 Å². The third-order valence-electron chi connectivity index (χ3n) is 3.71. The number of benzene rings is 1. The monoisotopic (exact) mass is 315 g/mol. The average molecular weight is 315 g/mol. The molecule has 0 aliphatic carbocycles. The topological polar surface area (TPSA) is 79.6 Å². The minimum atomic E-state index is -1.19. The highest BCUT2D eigenvalue weighted by molar-refractivity contribution is 5.85. The summed E-state index contributed by atoms with van der Waals surface area (Å²) in [5, 5.41) is 11.4. The Labute approximate surface area is 134 Å². The Morgan fingerprint density at radius 1 is 1.30 bits per heavy atom. The Kier molecular flexibility index (Phi) is 4.89. The summed E-state index contributed by atoms with van der Waals surface area (Å²) >= 11 is 0. The molecule has 2 rings (SSSR count). The van der Waals surface area contributed by atoms with Gasteiger partial charge in [-0.2, -0.15) is 0 Å². The van der Waals surface area contributed by atoms with Crippen molar-refractivity contribution in [2.45, 2.75) is 33.6 Å². The lowest BCUT2D eigenvalue weighted by atomic mass is 10.0. The van der Waals surface area contributed by atoms with E-state index in [1.54, 1.807) is 6.92 Å². The summed E-state index contributed by atoms with van der Waals surface area (Å²) in [6.07, 6.45) is -0.116. The molecule has 0 saturated carbocycles. The van der Waals surface area contributed by atoms with Crippen LogP contribution in [0.15, 0.2) is 33.5 Å². The fraction of sp³-hybridized carbons (Fsp3) is 0.333. The van der Waals surface area contributed by atoms with Crippen LogP contribution < -0.4 is 15.5 Å². The van der Waals surface area contributed by atoms with Crippen molar-refractivity contribution < 1.29 is 19.1 Å². The van der Waals surface area contributed by atoms with Gasteiger partial charge in [0.25, 0.3) is 0 Å². The molecule has 1 aromatic carbocycles. The molecule has 0 saturated heterocycles. The molecule has 23 heavy (non-hydrogen) atoms. The number of hydrogen-bond donors (Lipinski definition) is 0. The van der Waals surface area contributed by atoms with Gasteiger partial charge in [0.15, 0.2) is 0 Å². The van der Waals surface area contributed by atoms with E-state index >= 15 is 0 Å². The van der Waals surface area contributed by atoms with Gasteiger partial charge >= 0.3 is 5.63 Å². The highest BCUT2D eigenvalue weighted by Gasteiger charge is 2.15. The molecule has 5 heteroatoms. The Hall–Kier alpha value is -2.56. The maximum atomic E-state index is 12.2. The lowest BCUT2D eigenvalue weighted by Crippen LogP contribution is -2.24. The molecular weight excluding hydrogens is 296 g/mol. The molecule has 1 aromatic heterocycles. The van der Waals surface area contributed by atoms with Crippen LogP contribution in [-0.2, 0) is 11.2 Å². The van der Waals surface area contributed by atoms with E-state index in [4.69, 9.17) is 9.15 Å². The van der Waals surface area contributed by atoms with Crippen molar-refractivity contribution in [1.82, 2.24) is 0 Å². The fourth-order valence-corrected chi connectivity index (χ4v) is 2.44. The van der Waals surface area contributed by atoms with Gasteiger partial charge < -0.3 is 19.1 Å². The van der Waals surface area contributed by atoms with Gasteiger partial charge in [-0.1, -0.05) is 6.58 Å². The SMILES string of the molecule is C=C(C)COc1ccc2c(C)c(CCC(=O)[O-])c(=O)oc2c1C. The second-order valence-electron chi connectivity index (χ2n) is 5.68. The maximum Gasteiger partial charge on any atom is 0.339 e. The van der Waals surface area contributed by atoms with Gasteiger partial charge in [-0.15, -0.1) is 0 Å². The van der Waals surface area contributed by atoms with Crippen LogP contribution in [0.3, 0.4) is 0 Å². The van der Waals surface area contributed by atoms with Gasteiger partial charge in [-0.25, -0.2) is 4.79 Å². The Bertz CT molecular complexity index is 829. The van der Waals surface area contributed by atoms with Crippen LogP contribution >= 0.6 is 0 Å². The number of aliphatic carboxylic acids is 1. The summed E-state index contributed by atoms with van der Waals surface area (Å²) in [6, 6.07) is 3.63. The molecule has 0 fully saturated rings. The summed E-state index contributed by atoms with van der Waals surface area (Å²) in [7, 11) is 0. The van der Waals surface area contributed by atoms with Crippen LogP contribution in [0, 0.1) is 13.8 Å². The zero-order valence-electron chi connectivity index (χ0n) is 13.5. The lowest BCUT2D eigenvalue weighted by molar-refractivity contribution is -0.305. The highest BCUT2D eigenvalue weighted by atomic mass is 16.5. The molecule has 0 aliphatic rings. The van der Waals surface area contributed by atoms with Gasteiger partial charge in [0, 0.05) is 22.5 Å². The second-order valence-corrected chi connectivity index (χ2v) is 5.68. The Morgan fingerprint density at radius 3 is 2.61 bits per heavy atom. The number of rotatable bonds is 6. The Balaban J connectivity index is 2.51. The first-order valence-electron chi connectivity index (χ1n) is 7.34. The van der Waals surface area contributed by atoms with Gasteiger partial charge in [-0.3, -0.25) is 0 Å².